The molecule has 1 fully saturated rings. The summed E-state index contributed by atoms with van der Waals surface area (Å²) in [5.41, 5.74) is 1.05. The number of anilines is 1. The van der Waals surface area contributed by atoms with Crippen molar-refractivity contribution < 1.29 is 4.79 Å². The number of thiazole rings is 1. The van der Waals surface area contributed by atoms with Crippen molar-refractivity contribution in [3.8, 4) is 0 Å². The first-order chi connectivity index (χ1) is 11.1. The lowest BCUT2D eigenvalue weighted by Gasteiger charge is -2.37. The van der Waals surface area contributed by atoms with Crippen LogP contribution in [0.4, 0.5) is 5.13 Å². The molecule has 0 bridgehead atoms. The number of hydrogen-bond donors (Lipinski definition) is 0. The number of carbonyl (C=O) groups excluding carboxylic acids is 1. The second-order valence-corrected chi connectivity index (χ2v) is 6.98. The number of nitrogens with zero attached hydrogens (tertiary/aromatic N) is 6. The highest BCUT2D eigenvalue weighted by atomic mass is 32.1. The largest absolute Gasteiger partial charge is 0.345 e. The minimum absolute atomic E-state index is 0.125. The van der Waals surface area contributed by atoms with Crippen LogP contribution in [0.15, 0.2) is 18.0 Å². The topological polar surface area (TPSA) is 67.2 Å². The zero-order chi connectivity index (χ0) is 16.4. The van der Waals surface area contributed by atoms with E-state index < -0.39 is 0 Å². The molecule has 124 valence electrons. The zero-order valence-electron chi connectivity index (χ0n) is 13.7. The number of rotatable bonds is 4. The highest BCUT2D eigenvalue weighted by Crippen LogP contribution is 2.24. The summed E-state index contributed by atoms with van der Waals surface area (Å²) >= 11 is 1.66. The Morgan fingerprint density at radius 1 is 1.26 bits per heavy atom. The summed E-state index contributed by atoms with van der Waals surface area (Å²) in [6.45, 7) is 9.16. The lowest BCUT2D eigenvalue weighted by Crippen LogP contribution is -2.51. The molecular weight excluding hydrogens is 312 g/mol. The summed E-state index contributed by atoms with van der Waals surface area (Å²) in [5, 5.41) is 7.27. The number of hydrogen-bond acceptors (Lipinski definition) is 6. The normalized spacial score (nSPS) is 16.9. The third kappa shape index (κ3) is 3.36. The van der Waals surface area contributed by atoms with Gasteiger partial charge in [-0.05, 0) is 12.8 Å². The quantitative estimate of drug-likeness (QED) is 0.849. The Labute approximate surface area is 140 Å². The summed E-state index contributed by atoms with van der Waals surface area (Å²) in [5.74, 6) is 0.296. The standard InChI is InChI=1S/C15H22N6OS/c1-11(2)13(21-10-16-9-17-21)14(22)19-4-6-20(7-5-19)15-18-12(3)8-23-15/h8-11,13H,4-7H2,1-3H3. The van der Waals surface area contributed by atoms with Crippen LogP contribution < -0.4 is 4.90 Å². The highest BCUT2D eigenvalue weighted by Gasteiger charge is 2.31. The maximum Gasteiger partial charge on any atom is 0.247 e. The minimum atomic E-state index is -0.286. The fourth-order valence-electron chi connectivity index (χ4n) is 2.86. The van der Waals surface area contributed by atoms with Gasteiger partial charge in [0.2, 0.25) is 5.91 Å². The van der Waals surface area contributed by atoms with E-state index in [1.807, 2.05) is 25.7 Å². The van der Waals surface area contributed by atoms with Crippen molar-refractivity contribution in [1.82, 2.24) is 24.6 Å². The fourth-order valence-corrected chi connectivity index (χ4v) is 3.71. The van der Waals surface area contributed by atoms with Gasteiger partial charge in [-0.25, -0.2) is 14.6 Å². The molecule has 2 aromatic rings. The van der Waals surface area contributed by atoms with Gasteiger partial charge in [0, 0.05) is 31.6 Å². The average Bonchev–Trinajstić information content (AvgIpc) is 3.19. The molecule has 2 aromatic heterocycles. The first kappa shape index (κ1) is 15.9. The lowest BCUT2D eigenvalue weighted by atomic mass is 10.0. The molecule has 0 spiro atoms. The van der Waals surface area contributed by atoms with E-state index in [1.54, 1.807) is 22.3 Å². The van der Waals surface area contributed by atoms with Crippen molar-refractivity contribution in [2.24, 2.45) is 5.92 Å². The van der Waals surface area contributed by atoms with Crippen molar-refractivity contribution in [3.05, 3.63) is 23.7 Å². The fraction of sp³-hybridized carbons (Fsp3) is 0.600. The Bertz CT molecular complexity index is 645. The molecule has 23 heavy (non-hydrogen) atoms. The van der Waals surface area contributed by atoms with Crippen molar-refractivity contribution in [2.45, 2.75) is 26.8 Å². The van der Waals surface area contributed by atoms with Crippen molar-refractivity contribution in [2.75, 3.05) is 31.1 Å². The van der Waals surface area contributed by atoms with E-state index in [2.05, 4.69) is 25.3 Å². The van der Waals surface area contributed by atoms with Crippen LogP contribution in [0.2, 0.25) is 0 Å². The first-order valence-electron chi connectivity index (χ1n) is 7.86. The highest BCUT2D eigenvalue weighted by molar-refractivity contribution is 7.13. The molecule has 1 atom stereocenters. The molecule has 3 rings (SSSR count). The smallest absolute Gasteiger partial charge is 0.247 e. The van der Waals surface area contributed by atoms with Crippen LogP contribution in [0.1, 0.15) is 25.6 Å². The van der Waals surface area contributed by atoms with Gasteiger partial charge in [-0.2, -0.15) is 5.10 Å². The maximum atomic E-state index is 12.9. The van der Waals surface area contributed by atoms with Gasteiger partial charge < -0.3 is 9.80 Å². The van der Waals surface area contributed by atoms with Crippen LogP contribution in [0.3, 0.4) is 0 Å². The van der Waals surface area contributed by atoms with E-state index in [9.17, 15) is 4.79 Å². The average molecular weight is 334 g/mol. The second-order valence-electron chi connectivity index (χ2n) is 6.15. The molecule has 0 aliphatic carbocycles. The molecule has 0 aromatic carbocycles. The van der Waals surface area contributed by atoms with Gasteiger partial charge in [-0.1, -0.05) is 13.8 Å². The summed E-state index contributed by atoms with van der Waals surface area (Å²) in [6, 6.07) is -0.286. The van der Waals surface area contributed by atoms with Gasteiger partial charge in [0.1, 0.15) is 18.7 Å². The lowest BCUT2D eigenvalue weighted by molar-refractivity contribution is -0.136. The molecule has 3 heterocycles. The van der Waals surface area contributed by atoms with Gasteiger partial charge in [-0.3, -0.25) is 4.79 Å². The van der Waals surface area contributed by atoms with E-state index in [0.29, 0.717) is 0 Å². The number of carbonyl (C=O) groups is 1. The Morgan fingerprint density at radius 3 is 2.52 bits per heavy atom. The molecular formula is C15H22N6OS. The number of aryl methyl sites for hydroxylation is 1. The summed E-state index contributed by atoms with van der Waals surface area (Å²) in [6.07, 6.45) is 3.10. The van der Waals surface area contributed by atoms with Gasteiger partial charge in [-0.15, -0.1) is 11.3 Å². The van der Waals surface area contributed by atoms with Crippen molar-refractivity contribution in [3.63, 3.8) is 0 Å². The summed E-state index contributed by atoms with van der Waals surface area (Å²) in [7, 11) is 0. The van der Waals surface area contributed by atoms with E-state index in [0.717, 1.165) is 37.0 Å². The summed E-state index contributed by atoms with van der Waals surface area (Å²) < 4.78 is 1.67. The molecule has 1 amide bonds. The molecule has 0 radical (unpaired) electrons. The van der Waals surface area contributed by atoms with Gasteiger partial charge >= 0.3 is 0 Å². The zero-order valence-corrected chi connectivity index (χ0v) is 14.5. The third-order valence-electron chi connectivity index (χ3n) is 4.07. The van der Waals surface area contributed by atoms with Gasteiger partial charge in [0.25, 0.3) is 0 Å². The van der Waals surface area contributed by atoms with Crippen LogP contribution >= 0.6 is 11.3 Å². The van der Waals surface area contributed by atoms with Gasteiger partial charge in [0.15, 0.2) is 5.13 Å². The van der Waals surface area contributed by atoms with Crippen LogP contribution in [-0.4, -0.2) is 56.7 Å². The van der Waals surface area contributed by atoms with E-state index in [4.69, 9.17) is 0 Å². The van der Waals surface area contributed by atoms with E-state index in [1.165, 1.54) is 6.33 Å². The maximum absolute atomic E-state index is 12.9. The number of piperazine rings is 1. The monoisotopic (exact) mass is 334 g/mol. The molecule has 1 unspecified atom stereocenters. The van der Waals surface area contributed by atoms with Crippen molar-refractivity contribution in [1.29, 1.82) is 0 Å². The third-order valence-corrected chi connectivity index (χ3v) is 5.09. The Balaban J connectivity index is 1.65. The van der Waals surface area contributed by atoms with Crippen LogP contribution in [0.5, 0.6) is 0 Å². The Morgan fingerprint density at radius 2 is 2.00 bits per heavy atom. The van der Waals surface area contributed by atoms with Gasteiger partial charge in [0.05, 0.1) is 5.69 Å². The predicted molar refractivity (Wildman–Crippen MR) is 89.5 cm³/mol. The molecule has 0 N–H and O–H groups in total. The molecule has 1 aliphatic rings. The van der Waals surface area contributed by atoms with E-state index >= 15 is 0 Å². The van der Waals surface area contributed by atoms with Crippen molar-refractivity contribution >= 4 is 22.4 Å². The molecule has 1 saturated heterocycles. The Kier molecular flexibility index (Phi) is 4.61. The molecule has 7 nitrogen and oxygen atoms in total. The Hall–Kier alpha value is -1.96. The SMILES string of the molecule is Cc1csc(N2CCN(C(=O)C(C(C)C)n3cncn3)CC2)n1. The second kappa shape index (κ2) is 6.66. The van der Waals surface area contributed by atoms with Crippen LogP contribution in [0, 0.1) is 12.8 Å². The molecule has 0 saturated carbocycles. The number of amides is 1. The van der Waals surface area contributed by atoms with Crippen LogP contribution in [0.25, 0.3) is 0 Å². The predicted octanol–water partition coefficient (Wildman–Crippen LogP) is 1.59. The number of aromatic nitrogens is 4. The molecule has 1 aliphatic heterocycles. The first-order valence-corrected chi connectivity index (χ1v) is 8.74. The minimum Gasteiger partial charge on any atom is -0.345 e. The van der Waals surface area contributed by atoms with Crippen LogP contribution in [-0.2, 0) is 4.79 Å². The van der Waals surface area contributed by atoms with E-state index in [-0.39, 0.29) is 17.9 Å². The summed E-state index contributed by atoms with van der Waals surface area (Å²) in [4.78, 5) is 25.6. The molecule has 8 heteroatoms.